The van der Waals surface area contributed by atoms with E-state index in [1.807, 2.05) is 17.0 Å². The number of thioether (sulfide) groups is 1. The molecule has 1 N–H and O–H groups in total. The first-order valence-electron chi connectivity index (χ1n) is 8.42. The minimum Gasteiger partial charge on any atom is -0.375 e. The standard InChI is InChI=1S/C17H24N2O3S2/c1-3-23-16-7-6-14(24-16)17(21)18-13-9-19(15(20)10-22-2)8-12(13)11-4-5-11/h6-7,11-13H,3-5,8-10H2,1-2H3,(H,18,21). The SMILES string of the molecule is CCSc1ccc(C(=O)NC2CN(C(=O)COC)CC2C2CC2)s1. The quantitative estimate of drug-likeness (QED) is 0.751. The van der Waals surface area contributed by atoms with Gasteiger partial charge in [-0.2, -0.15) is 0 Å². The molecule has 2 amide bonds. The Labute approximate surface area is 151 Å². The highest BCUT2D eigenvalue weighted by Gasteiger charge is 2.44. The Kier molecular flexibility index (Phi) is 5.84. The van der Waals surface area contributed by atoms with Crippen molar-refractivity contribution in [2.75, 3.05) is 32.6 Å². The van der Waals surface area contributed by atoms with Crippen molar-refractivity contribution in [2.45, 2.75) is 30.0 Å². The van der Waals surface area contributed by atoms with Gasteiger partial charge in [-0.25, -0.2) is 0 Å². The molecule has 2 unspecified atom stereocenters. The average Bonchev–Trinajstić information content (AvgIpc) is 3.14. The van der Waals surface area contributed by atoms with E-state index in [1.165, 1.54) is 35.5 Å². The van der Waals surface area contributed by atoms with Crippen molar-refractivity contribution in [1.82, 2.24) is 10.2 Å². The Hall–Kier alpha value is -1.05. The minimum atomic E-state index is -0.0142. The summed E-state index contributed by atoms with van der Waals surface area (Å²) in [5.41, 5.74) is 0. The molecule has 1 saturated carbocycles. The second-order valence-corrected chi connectivity index (χ2v) is 9.01. The molecule has 1 aliphatic heterocycles. The number of rotatable bonds is 7. The van der Waals surface area contributed by atoms with Crippen molar-refractivity contribution >= 4 is 34.9 Å². The van der Waals surface area contributed by atoms with Crippen molar-refractivity contribution in [3.05, 3.63) is 17.0 Å². The molecule has 0 aromatic carbocycles. The molecule has 1 aromatic heterocycles. The molecule has 2 aliphatic rings. The maximum Gasteiger partial charge on any atom is 0.261 e. The second kappa shape index (κ2) is 7.89. The van der Waals surface area contributed by atoms with Crippen LogP contribution < -0.4 is 5.32 Å². The van der Waals surface area contributed by atoms with Crippen LogP contribution in [0.4, 0.5) is 0 Å². The van der Waals surface area contributed by atoms with Crippen LogP contribution in [0.25, 0.3) is 0 Å². The number of amides is 2. The topological polar surface area (TPSA) is 58.6 Å². The zero-order valence-corrected chi connectivity index (χ0v) is 15.8. The van der Waals surface area contributed by atoms with Crippen molar-refractivity contribution in [3.63, 3.8) is 0 Å². The Bertz CT molecular complexity index is 600. The molecule has 2 heterocycles. The first-order chi connectivity index (χ1) is 11.6. The Morgan fingerprint density at radius 1 is 1.38 bits per heavy atom. The fraction of sp³-hybridized carbons (Fsp3) is 0.647. The van der Waals surface area contributed by atoms with Gasteiger partial charge in [0.15, 0.2) is 0 Å². The van der Waals surface area contributed by atoms with Gasteiger partial charge in [-0.15, -0.1) is 23.1 Å². The fourth-order valence-corrected chi connectivity index (χ4v) is 5.25. The summed E-state index contributed by atoms with van der Waals surface area (Å²) >= 11 is 3.29. The Morgan fingerprint density at radius 2 is 2.17 bits per heavy atom. The van der Waals surface area contributed by atoms with Gasteiger partial charge in [-0.05, 0) is 36.6 Å². The van der Waals surface area contributed by atoms with Gasteiger partial charge in [0, 0.05) is 26.1 Å². The molecule has 5 nitrogen and oxygen atoms in total. The van der Waals surface area contributed by atoms with E-state index in [4.69, 9.17) is 4.74 Å². The molecular weight excluding hydrogens is 344 g/mol. The van der Waals surface area contributed by atoms with Gasteiger partial charge < -0.3 is 15.0 Å². The zero-order valence-electron chi connectivity index (χ0n) is 14.1. The predicted octanol–water partition coefficient (Wildman–Crippen LogP) is 2.47. The number of nitrogens with one attached hydrogen (secondary N) is 1. The van der Waals surface area contributed by atoms with E-state index < -0.39 is 0 Å². The lowest BCUT2D eigenvalue weighted by molar-refractivity contribution is -0.134. The van der Waals surface area contributed by atoms with Crippen molar-refractivity contribution in [2.24, 2.45) is 11.8 Å². The van der Waals surface area contributed by atoms with Gasteiger partial charge in [0.1, 0.15) is 6.61 Å². The lowest BCUT2D eigenvalue weighted by atomic mass is 9.98. The summed E-state index contributed by atoms with van der Waals surface area (Å²) in [6, 6.07) is 3.96. The summed E-state index contributed by atoms with van der Waals surface area (Å²) in [4.78, 5) is 27.3. The number of hydrogen-bond acceptors (Lipinski definition) is 5. The van der Waals surface area contributed by atoms with Crippen molar-refractivity contribution in [3.8, 4) is 0 Å². The van der Waals surface area contributed by atoms with Crippen LogP contribution in [0, 0.1) is 11.8 Å². The summed E-state index contributed by atoms with van der Waals surface area (Å²) < 4.78 is 6.13. The molecule has 2 fully saturated rings. The van der Waals surface area contributed by atoms with E-state index in [0.29, 0.717) is 18.4 Å². The maximum atomic E-state index is 12.6. The van der Waals surface area contributed by atoms with E-state index >= 15 is 0 Å². The average molecular weight is 369 g/mol. The number of likely N-dealkylation sites (tertiary alicyclic amines) is 1. The number of carbonyl (C=O) groups is 2. The molecule has 7 heteroatoms. The first kappa shape index (κ1) is 17.8. The van der Waals surface area contributed by atoms with Crippen LogP contribution in [-0.2, 0) is 9.53 Å². The highest BCUT2D eigenvalue weighted by molar-refractivity contribution is 8.01. The van der Waals surface area contributed by atoms with E-state index in [-0.39, 0.29) is 24.5 Å². The molecule has 0 bridgehead atoms. The molecule has 2 atom stereocenters. The highest BCUT2D eigenvalue weighted by Crippen LogP contribution is 2.41. The maximum absolute atomic E-state index is 12.6. The van der Waals surface area contributed by atoms with Gasteiger partial charge >= 0.3 is 0 Å². The van der Waals surface area contributed by atoms with Gasteiger partial charge in [-0.3, -0.25) is 9.59 Å². The van der Waals surface area contributed by atoms with Crippen molar-refractivity contribution < 1.29 is 14.3 Å². The molecule has 0 spiro atoms. The van der Waals surface area contributed by atoms with Crippen LogP contribution in [0.15, 0.2) is 16.3 Å². The number of methoxy groups -OCH3 is 1. The number of ether oxygens (including phenoxy) is 1. The van der Waals surface area contributed by atoms with Gasteiger partial charge in [-0.1, -0.05) is 6.92 Å². The highest BCUT2D eigenvalue weighted by atomic mass is 32.2. The fourth-order valence-electron chi connectivity index (χ4n) is 3.30. The van der Waals surface area contributed by atoms with Crippen LogP contribution in [0.3, 0.4) is 0 Å². The third-order valence-corrected chi connectivity index (χ3v) is 6.81. The molecular formula is C17H24N2O3S2. The lowest BCUT2D eigenvalue weighted by Crippen LogP contribution is -2.41. The first-order valence-corrected chi connectivity index (χ1v) is 10.2. The summed E-state index contributed by atoms with van der Waals surface area (Å²) in [5, 5.41) is 3.18. The molecule has 24 heavy (non-hydrogen) atoms. The summed E-state index contributed by atoms with van der Waals surface area (Å²) in [5.74, 6) is 2.02. The summed E-state index contributed by atoms with van der Waals surface area (Å²) in [7, 11) is 1.54. The third-order valence-electron chi connectivity index (χ3n) is 4.62. The van der Waals surface area contributed by atoms with E-state index in [1.54, 1.807) is 11.8 Å². The predicted molar refractivity (Wildman–Crippen MR) is 96.6 cm³/mol. The molecule has 1 aromatic rings. The van der Waals surface area contributed by atoms with Crippen LogP contribution in [0.2, 0.25) is 0 Å². The van der Waals surface area contributed by atoms with Gasteiger partial charge in [0.05, 0.1) is 15.1 Å². The number of nitrogens with zero attached hydrogens (tertiary/aromatic N) is 1. The molecule has 132 valence electrons. The molecule has 1 saturated heterocycles. The summed E-state index contributed by atoms with van der Waals surface area (Å²) in [6.45, 7) is 3.55. The molecule has 1 aliphatic carbocycles. The normalized spacial score (nSPS) is 23.5. The van der Waals surface area contributed by atoms with Crippen LogP contribution >= 0.6 is 23.1 Å². The molecule has 0 radical (unpaired) electrons. The summed E-state index contributed by atoms with van der Waals surface area (Å²) in [6.07, 6.45) is 2.42. The van der Waals surface area contributed by atoms with Crippen LogP contribution in [-0.4, -0.2) is 55.3 Å². The number of hydrogen-bond donors (Lipinski definition) is 1. The van der Waals surface area contributed by atoms with Crippen molar-refractivity contribution in [1.29, 1.82) is 0 Å². The number of carbonyl (C=O) groups excluding carboxylic acids is 2. The minimum absolute atomic E-state index is 0.0117. The van der Waals surface area contributed by atoms with E-state index in [0.717, 1.165) is 17.2 Å². The van der Waals surface area contributed by atoms with Gasteiger partial charge in [0.2, 0.25) is 5.91 Å². The third kappa shape index (κ3) is 4.13. The largest absolute Gasteiger partial charge is 0.375 e. The monoisotopic (exact) mass is 368 g/mol. The molecule has 3 rings (SSSR count). The smallest absolute Gasteiger partial charge is 0.261 e. The zero-order chi connectivity index (χ0) is 17.1. The van der Waals surface area contributed by atoms with Gasteiger partial charge in [0.25, 0.3) is 5.91 Å². The lowest BCUT2D eigenvalue weighted by Gasteiger charge is -2.18. The Balaban J connectivity index is 1.63. The number of thiophene rings is 1. The van der Waals surface area contributed by atoms with Crippen LogP contribution in [0.1, 0.15) is 29.4 Å². The van der Waals surface area contributed by atoms with Crippen LogP contribution in [0.5, 0.6) is 0 Å². The van der Waals surface area contributed by atoms with E-state index in [9.17, 15) is 9.59 Å². The second-order valence-electron chi connectivity index (χ2n) is 6.36. The Morgan fingerprint density at radius 3 is 2.83 bits per heavy atom. The van der Waals surface area contributed by atoms with E-state index in [2.05, 4.69) is 12.2 Å².